The standard InChI is InChI=1S/C15H12ClN3O2/c16-11-4-6-13(7-5-11)20-9-14-18-19-15(21-14)10-2-1-3-12(17)8-10/h1-8H,9,17H2. The van der Waals surface area contributed by atoms with Gasteiger partial charge in [0.25, 0.3) is 5.89 Å². The van der Waals surface area contributed by atoms with Crippen molar-refractivity contribution in [2.75, 3.05) is 5.73 Å². The lowest BCUT2D eigenvalue weighted by Gasteiger charge is -2.02. The molecule has 0 unspecified atom stereocenters. The quantitative estimate of drug-likeness (QED) is 0.746. The third-order valence-corrected chi connectivity index (χ3v) is 3.03. The highest BCUT2D eigenvalue weighted by atomic mass is 35.5. The third kappa shape index (κ3) is 3.32. The van der Waals surface area contributed by atoms with Gasteiger partial charge < -0.3 is 14.9 Å². The number of ether oxygens (including phenoxy) is 1. The second-order valence-corrected chi connectivity index (χ2v) is 4.81. The van der Waals surface area contributed by atoms with Gasteiger partial charge in [-0.15, -0.1) is 10.2 Å². The van der Waals surface area contributed by atoms with Crippen molar-refractivity contribution in [3.05, 3.63) is 59.4 Å². The lowest BCUT2D eigenvalue weighted by Crippen LogP contribution is -1.95. The molecular weight excluding hydrogens is 290 g/mol. The molecule has 1 aromatic heterocycles. The molecule has 2 aromatic carbocycles. The van der Waals surface area contributed by atoms with Gasteiger partial charge in [-0.1, -0.05) is 17.7 Å². The van der Waals surface area contributed by atoms with Crippen LogP contribution in [0.2, 0.25) is 5.02 Å². The topological polar surface area (TPSA) is 74.2 Å². The zero-order valence-electron chi connectivity index (χ0n) is 11.0. The number of nitrogens with two attached hydrogens (primary N) is 1. The Morgan fingerprint density at radius 1 is 1.10 bits per heavy atom. The summed E-state index contributed by atoms with van der Waals surface area (Å²) in [7, 11) is 0. The molecule has 1 heterocycles. The molecule has 2 N–H and O–H groups in total. The van der Waals surface area contributed by atoms with Crippen LogP contribution in [0.1, 0.15) is 5.89 Å². The van der Waals surface area contributed by atoms with Crippen molar-refractivity contribution in [3.8, 4) is 17.2 Å². The molecule has 0 fully saturated rings. The van der Waals surface area contributed by atoms with Gasteiger partial charge in [-0.3, -0.25) is 0 Å². The fourth-order valence-electron chi connectivity index (χ4n) is 1.78. The van der Waals surface area contributed by atoms with E-state index in [0.29, 0.717) is 28.2 Å². The average molecular weight is 302 g/mol. The Bertz CT molecular complexity index is 741. The molecule has 0 atom stereocenters. The molecule has 0 aliphatic heterocycles. The first-order chi connectivity index (χ1) is 10.2. The van der Waals surface area contributed by atoms with Crippen LogP contribution in [0.15, 0.2) is 52.9 Å². The Morgan fingerprint density at radius 3 is 2.67 bits per heavy atom. The van der Waals surface area contributed by atoms with Gasteiger partial charge in [-0.05, 0) is 42.5 Å². The van der Waals surface area contributed by atoms with E-state index < -0.39 is 0 Å². The maximum absolute atomic E-state index is 5.81. The Kier molecular flexibility index (Phi) is 3.75. The zero-order chi connectivity index (χ0) is 14.7. The van der Waals surface area contributed by atoms with E-state index in [1.165, 1.54) is 0 Å². The van der Waals surface area contributed by atoms with Crippen LogP contribution >= 0.6 is 11.6 Å². The first-order valence-corrected chi connectivity index (χ1v) is 6.65. The molecule has 0 saturated carbocycles. The summed E-state index contributed by atoms with van der Waals surface area (Å²) in [6, 6.07) is 14.3. The number of hydrogen-bond acceptors (Lipinski definition) is 5. The van der Waals surface area contributed by atoms with Gasteiger partial charge in [0.15, 0.2) is 6.61 Å². The molecule has 0 radical (unpaired) electrons. The van der Waals surface area contributed by atoms with Crippen LogP contribution in [-0.4, -0.2) is 10.2 Å². The summed E-state index contributed by atoms with van der Waals surface area (Å²) in [5.74, 6) is 1.49. The SMILES string of the molecule is Nc1cccc(-c2nnc(COc3ccc(Cl)cc3)o2)c1. The third-order valence-electron chi connectivity index (χ3n) is 2.78. The van der Waals surface area contributed by atoms with E-state index in [1.54, 1.807) is 36.4 Å². The van der Waals surface area contributed by atoms with Gasteiger partial charge in [-0.2, -0.15) is 0 Å². The fourth-order valence-corrected chi connectivity index (χ4v) is 1.90. The lowest BCUT2D eigenvalue weighted by molar-refractivity contribution is 0.264. The first-order valence-electron chi connectivity index (χ1n) is 6.27. The predicted molar refractivity (Wildman–Crippen MR) is 79.9 cm³/mol. The Hall–Kier alpha value is -2.53. The van der Waals surface area contributed by atoms with Crippen molar-refractivity contribution in [2.24, 2.45) is 0 Å². The van der Waals surface area contributed by atoms with Crippen molar-refractivity contribution in [1.29, 1.82) is 0 Å². The van der Waals surface area contributed by atoms with Gasteiger partial charge in [0.05, 0.1) is 0 Å². The molecular formula is C15H12ClN3O2. The fraction of sp³-hybridized carbons (Fsp3) is 0.0667. The minimum Gasteiger partial charge on any atom is -0.484 e. The number of benzene rings is 2. The first kappa shape index (κ1) is 13.5. The minimum absolute atomic E-state index is 0.191. The summed E-state index contributed by atoms with van der Waals surface area (Å²) < 4.78 is 11.1. The minimum atomic E-state index is 0.191. The van der Waals surface area contributed by atoms with Gasteiger partial charge >= 0.3 is 0 Å². The Morgan fingerprint density at radius 2 is 1.90 bits per heavy atom. The number of halogens is 1. The highest BCUT2D eigenvalue weighted by Gasteiger charge is 2.09. The number of aromatic nitrogens is 2. The van der Waals surface area contributed by atoms with Crippen LogP contribution in [0.5, 0.6) is 5.75 Å². The molecule has 21 heavy (non-hydrogen) atoms. The molecule has 6 heteroatoms. The van der Waals surface area contributed by atoms with Gasteiger partial charge in [0.1, 0.15) is 5.75 Å². The van der Waals surface area contributed by atoms with Crippen LogP contribution in [0, 0.1) is 0 Å². The van der Waals surface area contributed by atoms with Crippen molar-refractivity contribution >= 4 is 17.3 Å². The van der Waals surface area contributed by atoms with Crippen molar-refractivity contribution in [1.82, 2.24) is 10.2 Å². The molecule has 3 rings (SSSR count). The Balaban J connectivity index is 1.69. The normalized spacial score (nSPS) is 10.5. The Labute approximate surface area is 126 Å². The lowest BCUT2D eigenvalue weighted by atomic mass is 10.2. The van der Waals surface area contributed by atoms with Gasteiger partial charge in [-0.25, -0.2) is 0 Å². The summed E-state index contributed by atoms with van der Waals surface area (Å²) in [6.07, 6.45) is 0. The maximum atomic E-state index is 5.81. The predicted octanol–water partition coefficient (Wildman–Crippen LogP) is 3.55. The van der Waals surface area contributed by atoms with Crippen molar-refractivity contribution < 1.29 is 9.15 Å². The van der Waals surface area contributed by atoms with E-state index in [4.69, 9.17) is 26.5 Å². The van der Waals surface area contributed by atoms with E-state index >= 15 is 0 Å². The summed E-state index contributed by atoms with van der Waals surface area (Å²) in [5, 5.41) is 8.58. The van der Waals surface area contributed by atoms with Crippen LogP contribution < -0.4 is 10.5 Å². The number of hydrogen-bond donors (Lipinski definition) is 1. The molecule has 0 aliphatic rings. The average Bonchev–Trinajstić information content (AvgIpc) is 2.96. The second kappa shape index (κ2) is 5.85. The smallest absolute Gasteiger partial charge is 0.254 e. The van der Waals surface area contributed by atoms with E-state index in [9.17, 15) is 0 Å². The summed E-state index contributed by atoms with van der Waals surface area (Å²) in [4.78, 5) is 0. The number of rotatable bonds is 4. The maximum Gasteiger partial charge on any atom is 0.254 e. The van der Waals surface area contributed by atoms with Crippen molar-refractivity contribution in [2.45, 2.75) is 6.61 Å². The highest BCUT2D eigenvalue weighted by Crippen LogP contribution is 2.21. The molecule has 0 aliphatic carbocycles. The zero-order valence-corrected chi connectivity index (χ0v) is 11.7. The van der Waals surface area contributed by atoms with E-state index in [1.807, 2.05) is 12.1 Å². The number of nitrogens with zero attached hydrogens (tertiary/aromatic N) is 2. The van der Waals surface area contributed by atoms with Gasteiger partial charge in [0, 0.05) is 16.3 Å². The summed E-state index contributed by atoms with van der Waals surface area (Å²) >= 11 is 5.81. The molecule has 0 amide bonds. The van der Waals surface area contributed by atoms with Crippen LogP contribution in [0.3, 0.4) is 0 Å². The number of nitrogen functional groups attached to an aromatic ring is 1. The highest BCUT2D eigenvalue weighted by molar-refractivity contribution is 6.30. The van der Waals surface area contributed by atoms with Crippen LogP contribution in [0.25, 0.3) is 11.5 Å². The molecule has 106 valence electrons. The molecule has 3 aromatic rings. The monoisotopic (exact) mass is 301 g/mol. The van der Waals surface area contributed by atoms with Gasteiger partial charge in [0.2, 0.25) is 5.89 Å². The molecule has 0 saturated heterocycles. The molecule has 5 nitrogen and oxygen atoms in total. The van der Waals surface area contributed by atoms with E-state index in [0.717, 1.165) is 5.56 Å². The van der Waals surface area contributed by atoms with E-state index in [-0.39, 0.29) is 6.61 Å². The van der Waals surface area contributed by atoms with Crippen molar-refractivity contribution in [3.63, 3.8) is 0 Å². The number of anilines is 1. The summed E-state index contributed by atoms with van der Waals surface area (Å²) in [6.45, 7) is 0.191. The second-order valence-electron chi connectivity index (χ2n) is 4.37. The van der Waals surface area contributed by atoms with Crippen LogP contribution in [-0.2, 0) is 6.61 Å². The largest absolute Gasteiger partial charge is 0.484 e. The molecule has 0 bridgehead atoms. The summed E-state index contributed by atoms with van der Waals surface area (Å²) in [5.41, 5.74) is 7.15. The van der Waals surface area contributed by atoms with Crippen LogP contribution in [0.4, 0.5) is 5.69 Å². The molecule has 0 spiro atoms. The van der Waals surface area contributed by atoms with E-state index in [2.05, 4.69) is 10.2 Å².